The first kappa shape index (κ1) is 21.4. The molecule has 0 aliphatic rings. The number of carbonyl (C=O) groups excluding carboxylic acids is 2. The molecule has 0 aliphatic carbocycles. The molecule has 0 fully saturated rings. The Kier molecular flexibility index (Phi) is 7.78. The van der Waals surface area contributed by atoms with E-state index >= 15 is 0 Å². The summed E-state index contributed by atoms with van der Waals surface area (Å²) in [4.78, 5) is 24.3. The molecule has 7 nitrogen and oxygen atoms in total. The Morgan fingerprint density at radius 3 is 2.41 bits per heavy atom. The van der Waals surface area contributed by atoms with Gasteiger partial charge in [-0.2, -0.15) is 0 Å². The van der Waals surface area contributed by atoms with Crippen molar-refractivity contribution in [3.8, 4) is 0 Å². The van der Waals surface area contributed by atoms with E-state index < -0.39 is 26.9 Å². The maximum Gasteiger partial charge on any atom is 0.309 e. The van der Waals surface area contributed by atoms with Crippen LogP contribution in [0, 0.1) is 0 Å². The first-order valence-corrected chi connectivity index (χ1v) is 10.7. The van der Waals surface area contributed by atoms with Gasteiger partial charge in [-0.15, -0.1) is 11.3 Å². The van der Waals surface area contributed by atoms with Gasteiger partial charge in [-0.05, 0) is 35.7 Å². The largest absolute Gasteiger partial charge is 0.383 e. The molecule has 1 aromatic heterocycles. The SMILES string of the molecule is COCCNC(=O)C(=O)NC[C@H](c1cccs1)S(=O)(=O)c1ccc(Cl)cc1. The van der Waals surface area contributed by atoms with Gasteiger partial charge < -0.3 is 15.4 Å². The number of nitrogens with one attached hydrogen (secondary N) is 2. The number of hydrogen-bond donors (Lipinski definition) is 2. The molecule has 2 N–H and O–H groups in total. The number of rotatable bonds is 8. The summed E-state index contributed by atoms with van der Waals surface area (Å²) in [5, 5.41) is 5.92. The maximum atomic E-state index is 13.0. The van der Waals surface area contributed by atoms with Gasteiger partial charge in [-0.1, -0.05) is 17.7 Å². The van der Waals surface area contributed by atoms with Gasteiger partial charge in [0.25, 0.3) is 0 Å². The second-order valence-corrected chi connectivity index (χ2v) is 9.01. The summed E-state index contributed by atoms with van der Waals surface area (Å²) >= 11 is 7.09. The molecular weight excluding hydrogens is 412 g/mol. The lowest BCUT2D eigenvalue weighted by molar-refractivity contribution is -0.139. The number of halogens is 1. The predicted octanol–water partition coefficient (Wildman–Crippen LogP) is 1.80. The molecule has 2 rings (SSSR count). The van der Waals surface area contributed by atoms with E-state index in [0.717, 1.165) is 0 Å². The van der Waals surface area contributed by atoms with Crippen molar-refractivity contribution in [1.82, 2.24) is 10.6 Å². The van der Waals surface area contributed by atoms with Gasteiger partial charge in [0.1, 0.15) is 5.25 Å². The highest BCUT2D eigenvalue weighted by Crippen LogP contribution is 2.31. The second kappa shape index (κ2) is 9.84. The number of amides is 2. The quantitative estimate of drug-likeness (QED) is 0.491. The van der Waals surface area contributed by atoms with E-state index in [2.05, 4.69) is 10.6 Å². The fourth-order valence-electron chi connectivity index (χ4n) is 2.24. The molecule has 0 saturated carbocycles. The third-order valence-electron chi connectivity index (χ3n) is 3.62. The van der Waals surface area contributed by atoms with Crippen molar-refractivity contribution >= 4 is 44.6 Å². The summed E-state index contributed by atoms with van der Waals surface area (Å²) in [6.45, 7) is 0.212. The Bertz CT molecular complexity index is 867. The maximum absolute atomic E-state index is 13.0. The number of benzene rings is 1. The lowest BCUT2D eigenvalue weighted by Gasteiger charge is -2.17. The molecule has 2 amide bonds. The zero-order valence-electron chi connectivity index (χ0n) is 14.5. The molecule has 10 heteroatoms. The molecule has 0 unspecified atom stereocenters. The first-order chi connectivity index (χ1) is 12.9. The van der Waals surface area contributed by atoms with Gasteiger partial charge in [0.05, 0.1) is 11.5 Å². The van der Waals surface area contributed by atoms with Crippen LogP contribution in [0.5, 0.6) is 0 Å². The van der Waals surface area contributed by atoms with Crippen LogP contribution in [0.1, 0.15) is 10.1 Å². The molecule has 1 heterocycles. The van der Waals surface area contributed by atoms with Crippen LogP contribution in [0.15, 0.2) is 46.7 Å². The van der Waals surface area contributed by atoms with E-state index in [-0.39, 0.29) is 24.6 Å². The van der Waals surface area contributed by atoms with E-state index in [1.54, 1.807) is 17.5 Å². The monoisotopic (exact) mass is 430 g/mol. The van der Waals surface area contributed by atoms with Gasteiger partial charge in [0.15, 0.2) is 9.84 Å². The lowest BCUT2D eigenvalue weighted by Crippen LogP contribution is -2.43. The van der Waals surface area contributed by atoms with Crippen molar-refractivity contribution in [1.29, 1.82) is 0 Å². The van der Waals surface area contributed by atoms with Crippen LogP contribution in [0.3, 0.4) is 0 Å². The molecule has 2 aromatic rings. The molecule has 0 radical (unpaired) electrons. The number of hydrogen-bond acceptors (Lipinski definition) is 6. The van der Waals surface area contributed by atoms with Gasteiger partial charge in [0, 0.05) is 30.1 Å². The van der Waals surface area contributed by atoms with Gasteiger partial charge in [-0.25, -0.2) is 8.42 Å². The van der Waals surface area contributed by atoms with Crippen LogP contribution < -0.4 is 10.6 Å². The van der Waals surface area contributed by atoms with Gasteiger partial charge in [-0.3, -0.25) is 9.59 Å². The van der Waals surface area contributed by atoms with Gasteiger partial charge >= 0.3 is 11.8 Å². The Morgan fingerprint density at radius 1 is 1.15 bits per heavy atom. The van der Waals surface area contributed by atoms with E-state index in [4.69, 9.17) is 16.3 Å². The van der Waals surface area contributed by atoms with Crippen molar-refractivity contribution < 1.29 is 22.7 Å². The summed E-state index contributed by atoms with van der Waals surface area (Å²) in [7, 11) is -2.33. The fourth-order valence-corrected chi connectivity index (χ4v) is 5.15. The van der Waals surface area contributed by atoms with Crippen LogP contribution in [-0.4, -0.2) is 47.0 Å². The van der Waals surface area contributed by atoms with Crippen LogP contribution >= 0.6 is 22.9 Å². The third kappa shape index (κ3) is 5.77. The minimum absolute atomic E-state index is 0.0871. The number of methoxy groups -OCH3 is 1. The molecule has 1 aromatic carbocycles. The van der Waals surface area contributed by atoms with Crippen molar-refractivity contribution in [3.63, 3.8) is 0 Å². The second-order valence-electron chi connectivity index (χ2n) is 5.46. The van der Waals surface area contributed by atoms with Crippen LogP contribution in [-0.2, 0) is 24.2 Å². The average Bonchev–Trinajstić information content (AvgIpc) is 3.16. The molecule has 146 valence electrons. The summed E-state index contributed by atoms with van der Waals surface area (Å²) in [5.74, 6) is -1.75. The Labute approximate surface area is 166 Å². The van der Waals surface area contributed by atoms with Crippen molar-refractivity contribution in [2.24, 2.45) is 0 Å². The van der Waals surface area contributed by atoms with E-state index in [0.29, 0.717) is 9.90 Å². The standard InChI is InChI=1S/C17H19ClN2O5S2/c1-25-9-8-19-16(21)17(22)20-11-15(14-3-2-10-26-14)27(23,24)13-6-4-12(18)5-7-13/h2-7,10,15H,8-9,11H2,1H3,(H,19,21)(H,20,22)/t15-/m1/s1. The van der Waals surface area contributed by atoms with Crippen LogP contribution in [0.4, 0.5) is 0 Å². The van der Waals surface area contributed by atoms with Crippen LogP contribution in [0.2, 0.25) is 5.02 Å². The van der Waals surface area contributed by atoms with Crippen molar-refractivity contribution in [2.75, 3.05) is 26.8 Å². The Hall–Kier alpha value is -1.94. The topological polar surface area (TPSA) is 102 Å². The summed E-state index contributed by atoms with van der Waals surface area (Å²) in [5.41, 5.74) is 0. The first-order valence-electron chi connectivity index (χ1n) is 7.94. The molecule has 27 heavy (non-hydrogen) atoms. The summed E-state index contributed by atoms with van der Waals surface area (Å²) < 4.78 is 30.8. The van der Waals surface area contributed by atoms with E-state index in [1.165, 1.54) is 42.7 Å². The Balaban J connectivity index is 2.15. The molecule has 0 bridgehead atoms. The zero-order valence-corrected chi connectivity index (χ0v) is 16.9. The number of carbonyl (C=O) groups is 2. The minimum Gasteiger partial charge on any atom is -0.383 e. The summed E-state index contributed by atoms with van der Waals surface area (Å²) in [6.07, 6.45) is 0. The van der Waals surface area contributed by atoms with E-state index in [9.17, 15) is 18.0 Å². The van der Waals surface area contributed by atoms with Gasteiger partial charge in [0.2, 0.25) is 0 Å². The normalized spacial score (nSPS) is 12.4. The van der Waals surface area contributed by atoms with Crippen molar-refractivity contribution in [3.05, 3.63) is 51.7 Å². The predicted molar refractivity (Wildman–Crippen MR) is 104 cm³/mol. The molecule has 0 aliphatic heterocycles. The summed E-state index contributed by atoms with van der Waals surface area (Å²) in [6, 6.07) is 9.20. The molecule has 0 saturated heterocycles. The molecular formula is C17H19ClN2O5S2. The highest BCUT2D eigenvalue weighted by Gasteiger charge is 2.31. The smallest absolute Gasteiger partial charge is 0.309 e. The third-order valence-corrected chi connectivity index (χ3v) is 7.11. The Morgan fingerprint density at radius 2 is 1.81 bits per heavy atom. The van der Waals surface area contributed by atoms with Crippen molar-refractivity contribution in [2.45, 2.75) is 10.1 Å². The number of ether oxygens (including phenoxy) is 1. The average molecular weight is 431 g/mol. The number of thiophene rings is 1. The lowest BCUT2D eigenvalue weighted by atomic mass is 10.3. The van der Waals surface area contributed by atoms with Crippen LogP contribution in [0.25, 0.3) is 0 Å². The van der Waals surface area contributed by atoms with E-state index in [1.807, 2.05) is 0 Å². The highest BCUT2D eigenvalue weighted by atomic mass is 35.5. The minimum atomic E-state index is -3.80. The fraction of sp³-hybridized carbons (Fsp3) is 0.294. The number of sulfone groups is 1. The molecule has 1 atom stereocenters. The molecule has 0 spiro atoms. The zero-order chi connectivity index (χ0) is 19.9. The highest BCUT2D eigenvalue weighted by molar-refractivity contribution is 7.91.